The van der Waals surface area contributed by atoms with Crippen LogP contribution in [0.5, 0.6) is 0 Å². The molecule has 1 fully saturated rings. The number of nitrogens with one attached hydrogen (secondary N) is 1. The smallest absolute Gasteiger partial charge is 0.213 e. The quantitative estimate of drug-likeness (QED) is 0.644. The highest BCUT2D eigenvalue weighted by Crippen LogP contribution is 2.23. The highest BCUT2D eigenvalue weighted by molar-refractivity contribution is 5.80. The second-order valence-corrected chi connectivity index (χ2v) is 7.84. The Morgan fingerprint density at radius 2 is 1.93 bits per heavy atom. The van der Waals surface area contributed by atoms with Crippen LogP contribution in [-0.2, 0) is 12.0 Å². The molecule has 8 heteroatoms. The summed E-state index contributed by atoms with van der Waals surface area (Å²) in [5.74, 6) is 1.33. The van der Waals surface area contributed by atoms with Gasteiger partial charge in [-0.3, -0.25) is 4.99 Å². The van der Waals surface area contributed by atoms with Crippen molar-refractivity contribution < 1.29 is 13.2 Å². The van der Waals surface area contributed by atoms with Crippen LogP contribution in [0.1, 0.15) is 32.4 Å². The van der Waals surface area contributed by atoms with Gasteiger partial charge in [-0.25, -0.2) is 13.8 Å². The Balaban J connectivity index is 1.56. The summed E-state index contributed by atoms with van der Waals surface area (Å²) in [4.78, 5) is 12.6. The first-order valence-corrected chi connectivity index (χ1v) is 9.38. The molecule has 0 bridgehead atoms. The van der Waals surface area contributed by atoms with Crippen molar-refractivity contribution in [2.45, 2.75) is 32.7 Å². The number of aromatic nitrogens is 1. The summed E-state index contributed by atoms with van der Waals surface area (Å²) in [6.45, 7) is 9.10. The van der Waals surface area contributed by atoms with Crippen molar-refractivity contribution in [3.8, 4) is 0 Å². The van der Waals surface area contributed by atoms with Gasteiger partial charge >= 0.3 is 0 Å². The summed E-state index contributed by atoms with van der Waals surface area (Å²) < 4.78 is 33.2. The van der Waals surface area contributed by atoms with Gasteiger partial charge in [0.2, 0.25) is 5.89 Å². The first-order valence-electron chi connectivity index (χ1n) is 9.38. The highest BCUT2D eigenvalue weighted by Gasteiger charge is 2.23. The predicted octanol–water partition coefficient (Wildman–Crippen LogP) is 3.15. The van der Waals surface area contributed by atoms with Gasteiger partial charge in [-0.05, 0) is 12.1 Å². The van der Waals surface area contributed by atoms with E-state index in [0.717, 1.165) is 17.8 Å². The molecule has 1 aliphatic rings. The zero-order chi connectivity index (χ0) is 20.3. The molecule has 1 aromatic carbocycles. The van der Waals surface area contributed by atoms with E-state index in [0.29, 0.717) is 44.3 Å². The molecule has 0 spiro atoms. The van der Waals surface area contributed by atoms with E-state index < -0.39 is 11.6 Å². The van der Waals surface area contributed by atoms with Gasteiger partial charge in [-0.15, -0.1) is 0 Å². The molecule has 1 aromatic heterocycles. The minimum atomic E-state index is -0.433. The lowest BCUT2D eigenvalue weighted by Crippen LogP contribution is -2.52. The molecule has 1 saturated heterocycles. The van der Waals surface area contributed by atoms with E-state index in [1.807, 2.05) is 4.90 Å². The third-order valence-corrected chi connectivity index (χ3v) is 4.73. The highest BCUT2D eigenvalue weighted by atomic mass is 19.1. The fourth-order valence-corrected chi connectivity index (χ4v) is 3.11. The van der Waals surface area contributed by atoms with Gasteiger partial charge in [0.05, 0.1) is 18.4 Å². The third kappa shape index (κ3) is 4.61. The van der Waals surface area contributed by atoms with Crippen LogP contribution in [0.25, 0.3) is 0 Å². The van der Waals surface area contributed by atoms with Crippen LogP contribution < -0.4 is 10.2 Å². The van der Waals surface area contributed by atoms with Crippen molar-refractivity contribution in [2.24, 2.45) is 4.99 Å². The number of hydrogen-bond acceptors (Lipinski definition) is 4. The maximum absolute atomic E-state index is 14.0. The summed E-state index contributed by atoms with van der Waals surface area (Å²) in [6, 6.07) is 3.54. The van der Waals surface area contributed by atoms with Crippen molar-refractivity contribution in [1.29, 1.82) is 0 Å². The molecule has 0 amide bonds. The van der Waals surface area contributed by atoms with Crippen LogP contribution in [0.15, 0.2) is 33.8 Å². The molecular formula is C20H27F2N5O. The standard InChI is InChI=1S/C20H27F2N5O/c1-20(2,3)17-12-24-18(28-17)13-25-19(23-4)27-9-7-26(8-10-27)16-11-14(21)5-6-15(16)22/h5-6,11-12H,7-10,13H2,1-4H3,(H,23,25). The van der Waals surface area contributed by atoms with E-state index in [4.69, 9.17) is 4.42 Å². The second-order valence-electron chi connectivity index (χ2n) is 7.84. The normalized spacial score (nSPS) is 15.9. The lowest BCUT2D eigenvalue weighted by Gasteiger charge is -2.37. The van der Waals surface area contributed by atoms with Crippen molar-refractivity contribution >= 4 is 11.6 Å². The van der Waals surface area contributed by atoms with Gasteiger partial charge < -0.3 is 19.5 Å². The number of anilines is 1. The number of guanidine groups is 1. The first-order chi connectivity index (χ1) is 13.3. The van der Waals surface area contributed by atoms with Gasteiger partial charge in [0, 0.05) is 44.7 Å². The Labute approximate surface area is 164 Å². The van der Waals surface area contributed by atoms with Crippen LogP contribution in [0.3, 0.4) is 0 Å². The fourth-order valence-electron chi connectivity index (χ4n) is 3.11. The molecule has 0 unspecified atom stereocenters. The fraction of sp³-hybridized carbons (Fsp3) is 0.500. The molecule has 0 aliphatic carbocycles. The predicted molar refractivity (Wildman–Crippen MR) is 106 cm³/mol. The lowest BCUT2D eigenvalue weighted by molar-refractivity contribution is 0.358. The Morgan fingerprint density at radius 1 is 1.21 bits per heavy atom. The molecule has 152 valence electrons. The molecule has 6 nitrogen and oxygen atoms in total. The number of hydrogen-bond donors (Lipinski definition) is 1. The van der Waals surface area contributed by atoms with Gasteiger partial charge in [-0.1, -0.05) is 20.8 Å². The monoisotopic (exact) mass is 391 g/mol. The summed E-state index contributed by atoms with van der Waals surface area (Å²) in [6.07, 6.45) is 1.76. The molecule has 3 rings (SSSR count). The Bertz CT molecular complexity index is 835. The molecule has 0 atom stereocenters. The number of halogens is 2. The van der Waals surface area contributed by atoms with Crippen LogP contribution in [0, 0.1) is 11.6 Å². The van der Waals surface area contributed by atoms with Gasteiger partial charge in [0.1, 0.15) is 17.4 Å². The Morgan fingerprint density at radius 3 is 2.54 bits per heavy atom. The lowest BCUT2D eigenvalue weighted by atomic mass is 9.94. The average molecular weight is 391 g/mol. The van der Waals surface area contributed by atoms with E-state index in [9.17, 15) is 8.78 Å². The topological polar surface area (TPSA) is 56.9 Å². The maximum atomic E-state index is 14.0. The number of rotatable bonds is 3. The number of benzene rings is 1. The summed E-state index contributed by atoms with van der Waals surface area (Å²) in [5.41, 5.74) is 0.215. The SMILES string of the molecule is CN=C(NCc1ncc(C(C)(C)C)o1)N1CCN(c2cc(F)ccc2F)CC1. The minimum absolute atomic E-state index is 0.0879. The van der Waals surface area contributed by atoms with Gasteiger partial charge in [0.25, 0.3) is 0 Å². The van der Waals surface area contributed by atoms with Crippen LogP contribution >= 0.6 is 0 Å². The minimum Gasteiger partial charge on any atom is -0.443 e. The van der Waals surface area contributed by atoms with Gasteiger partial charge in [0.15, 0.2) is 5.96 Å². The summed E-state index contributed by atoms with van der Waals surface area (Å²) in [5, 5.41) is 3.26. The molecule has 28 heavy (non-hydrogen) atoms. The van der Waals surface area contributed by atoms with E-state index in [1.165, 1.54) is 12.1 Å². The number of oxazole rings is 1. The Kier molecular flexibility index (Phi) is 5.86. The Hall–Kier alpha value is -2.64. The maximum Gasteiger partial charge on any atom is 0.213 e. The molecule has 1 N–H and O–H groups in total. The summed E-state index contributed by atoms with van der Waals surface area (Å²) >= 11 is 0. The van der Waals surface area contributed by atoms with Crippen LogP contribution in [-0.4, -0.2) is 49.1 Å². The zero-order valence-electron chi connectivity index (χ0n) is 16.8. The average Bonchev–Trinajstić information content (AvgIpc) is 3.14. The molecule has 1 aliphatic heterocycles. The largest absolute Gasteiger partial charge is 0.443 e. The number of piperazine rings is 1. The van der Waals surface area contributed by atoms with Crippen LogP contribution in [0.2, 0.25) is 0 Å². The van der Waals surface area contributed by atoms with Gasteiger partial charge in [-0.2, -0.15) is 0 Å². The van der Waals surface area contributed by atoms with E-state index in [2.05, 4.69) is 41.0 Å². The zero-order valence-corrected chi connectivity index (χ0v) is 16.8. The molecule has 2 heterocycles. The molecular weight excluding hydrogens is 364 g/mol. The van der Waals surface area contributed by atoms with E-state index in [1.54, 1.807) is 13.2 Å². The second kappa shape index (κ2) is 8.16. The van der Waals surface area contributed by atoms with Crippen molar-refractivity contribution in [3.63, 3.8) is 0 Å². The van der Waals surface area contributed by atoms with E-state index >= 15 is 0 Å². The molecule has 0 saturated carbocycles. The third-order valence-electron chi connectivity index (χ3n) is 4.73. The van der Waals surface area contributed by atoms with E-state index in [-0.39, 0.29) is 5.41 Å². The molecule has 2 aromatic rings. The number of nitrogens with zero attached hydrogens (tertiary/aromatic N) is 4. The van der Waals surface area contributed by atoms with Crippen molar-refractivity contribution in [1.82, 2.24) is 15.2 Å². The number of aliphatic imine (C=N–C) groups is 1. The molecule has 0 radical (unpaired) electrons. The van der Waals surface area contributed by atoms with Crippen LogP contribution in [0.4, 0.5) is 14.5 Å². The summed E-state index contributed by atoms with van der Waals surface area (Å²) in [7, 11) is 1.72. The first kappa shape index (κ1) is 20.1. The van der Waals surface area contributed by atoms with Crippen molar-refractivity contribution in [3.05, 3.63) is 47.7 Å². The van der Waals surface area contributed by atoms with Crippen molar-refractivity contribution in [2.75, 3.05) is 38.1 Å².